The highest BCUT2D eigenvalue weighted by Crippen LogP contribution is 2.35. The van der Waals surface area contributed by atoms with E-state index in [4.69, 9.17) is 4.74 Å². The quantitative estimate of drug-likeness (QED) is 0.475. The molecule has 0 aliphatic carbocycles. The summed E-state index contributed by atoms with van der Waals surface area (Å²) in [4.78, 5) is 0.0882. The molecule has 2 heterocycles. The van der Waals surface area contributed by atoms with Crippen molar-refractivity contribution in [2.24, 2.45) is 0 Å². The zero-order valence-corrected chi connectivity index (χ0v) is 18.5. The van der Waals surface area contributed by atoms with Gasteiger partial charge in [-0.2, -0.15) is 0 Å². The average Bonchev–Trinajstić information content (AvgIpc) is 3.08. The lowest BCUT2D eigenvalue weighted by Crippen LogP contribution is -2.53. The summed E-state index contributed by atoms with van der Waals surface area (Å²) < 4.78 is 63.7. The Hall–Kier alpha value is -2.85. The third-order valence-electron chi connectivity index (χ3n) is 6.09. The number of fused-ring (bicyclic) bond motifs is 3. The summed E-state index contributed by atoms with van der Waals surface area (Å²) in [5, 5.41) is 12.2. The van der Waals surface area contributed by atoms with Crippen LogP contribution in [0.4, 0.5) is 8.78 Å². The van der Waals surface area contributed by atoms with Crippen LogP contribution in [0.3, 0.4) is 0 Å². The maximum absolute atomic E-state index is 14.0. The first-order chi connectivity index (χ1) is 15.7. The van der Waals surface area contributed by atoms with E-state index in [0.29, 0.717) is 21.8 Å². The Morgan fingerprint density at radius 1 is 0.939 bits per heavy atom. The fourth-order valence-corrected chi connectivity index (χ4v) is 5.69. The Labute approximate surface area is 189 Å². The standard InChI is InChI=1S/C24H22F2N2O4S/c1-14-2-6-17(7-3-14)33(30,31)27-20-12-32-13-23(24(20)29)28-21-8-4-15(25)10-18(21)19-11-16(26)5-9-22(19)28/h2-11,20,23-24,27,29H,12-13H2,1H3/t20-,23+,24+/m1/s1. The molecule has 2 N–H and O–H groups in total. The van der Waals surface area contributed by atoms with Gasteiger partial charge in [0.05, 0.1) is 36.3 Å². The third-order valence-corrected chi connectivity index (χ3v) is 7.59. The highest BCUT2D eigenvalue weighted by atomic mass is 32.2. The summed E-state index contributed by atoms with van der Waals surface area (Å²) >= 11 is 0. The highest BCUT2D eigenvalue weighted by molar-refractivity contribution is 7.89. The predicted octanol–water partition coefficient (Wildman–Crippen LogP) is 3.66. The molecular formula is C24H22F2N2O4S. The molecule has 5 rings (SSSR count). The smallest absolute Gasteiger partial charge is 0.240 e. The largest absolute Gasteiger partial charge is 0.389 e. The molecule has 1 aliphatic heterocycles. The molecule has 1 fully saturated rings. The number of ether oxygens (including phenoxy) is 1. The summed E-state index contributed by atoms with van der Waals surface area (Å²) in [6.45, 7) is 1.96. The van der Waals surface area contributed by atoms with Gasteiger partial charge in [0.2, 0.25) is 10.0 Å². The molecule has 0 amide bonds. The van der Waals surface area contributed by atoms with Crippen molar-refractivity contribution < 1.29 is 27.0 Å². The van der Waals surface area contributed by atoms with E-state index in [-0.39, 0.29) is 18.1 Å². The van der Waals surface area contributed by atoms with Crippen molar-refractivity contribution in [2.45, 2.75) is 30.0 Å². The van der Waals surface area contributed by atoms with Crippen LogP contribution in [0, 0.1) is 18.6 Å². The first-order valence-electron chi connectivity index (χ1n) is 10.5. The third kappa shape index (κ3) is 3.91. The summed E-state index contributed by atoms with van der Waals surface area (Å²) in [6.07, 6.45) is -1.15. The van der Waals surface area contributed by atoms with E-state index in [2.05, 4.69) is 4.72 Å². The molecule has 6 nitrogen and oxygen atoms in total. The van der Waals surface area contributed by atoms with Crippen LogP contribution < -0.4 is 4.72 Å². The molecule has 172 valence electrons. The number of halogens is 2. The monoisotopic (exact) mass is 472 g/mol. The first kappa shape index (κ1) is 22.0. The van der Waals surface area contributed by atoms with E-state index in [1.807, 2.05) is 6.92 Å². The van der Waals surface area contributed by atoms with Gasteiger partial charge in [0.1, 0.15) is 11.6 Å². The minimum atomic E-state index is -3.90. The van der Waals surface area contributed by atoms with Crippen molar-refractivity contribution in [3.8, 4) is 0 Å². The van der Waals surface area contributed by atoms with E-state index in [9.17, 15) is 22.3 Å². The van der Waals surface area contributed by atoms with Gasteiger partial charge in [0.15, 0.2) is 0 Å². The number of rotatable bonds is 4. The molecule has 1 aromatic heterocycles. The average molecular weight is 473 g/mol. The number of nitrogens with one attached hydrogen (secondary N) is 1. The molecule has 3 atom stereocenters. The second-order valence-corrected chi connectivity index (χ2v) is 10.0. The topological polar surface area (TPSA) is 80.6 Å². The molecule has 3 aromatic carbocycles. The SMILES string of the molecule is Cc1ccc(S(=O)(=O)N[C@@H]2COC[C@H](n3c4ccc(F)cc4c4cc(F)ccc43)[C@H]2O)cc1. The van der Waals surface area contributed by atoms with E-state index in [1.54, 1.807) is 28.8 Å². The van der Waals surface area contributed by atoms with E-state index in [1.165, 1.54) is 36.4 Å². The minimum Gasteiger partial charge on any atom is -0.389 e. The summed E-state index contributed by atoms with van der Waals surface area (Å²) in [6, 6.07) is 13.2. The number of hydrogen-bond acceptors (Lipinski definition) is 4. The molecule has 0 radical (unpaired) electrons. The molecule has 4 aromatic rings. The minimum absolute atomic E-state index is 0.0108. The number of aliphatic hydroxyl groups is 1. The Bertz CT molecular complexity index is 1390. The van der Waals surface area contributed by atoms with Crippen LogP contribution in [0.2, 0.25) is 0 Å². The number of benzene rings is 3. The summed E-state index contributed by atoms with van der Waals surface area (Å²) in [5.41, 5.74) is 2.10. The highest BCUT2D eigenvalue weighted by Gasteiger charge is 2.37. The molecule has 0 saturated carbocycles. The van der Waals surface area contributed by atoms with E-state index < -0.39 is 39.8 Å². The normalized spacial score (nSPS) is 21.6. The van der Waals surface area contributed by atoms with Crippen molar-refractivity contribution in [2.75, 3.05) is 13.2 Å². The maximum Gasteiger partial charge on any atom is 0.240 e. The van der Waals surface area contributed by atoms with E-state index in [0.717, 1.165) is 5.56 Å². The predicted molar refractivity (Wildman–Crippen MR) is 121 cm³/mol. The molecule has 1 saturated heterocycles. The second-order valence-electron chi connectivity index (χ2n) is 8.33. The Morgan fingerprint density at radius 3 is 2.09 bits per heavy atom. The summed E-state index contributed by atoms with van der Waals surface area (Å²) in [5.74, 6) is -0.926. The number of sulfonamides is 1. The van der Waals surface area contributed by atoms with Crippen LogP contribution in [0.1, 0.15) is 11.6 Å². The van der Waals surface area contributed by atoms with Crippen LogP contribution in [0.25, 0.3) is 21.8 Å². The van der Waals surface area contributed by atoms with Crippen molar-refractivity contribution in [1.82, 2.24) is 9.29 Å². The van der Waals surface area contributed by atoms with Crippen molar-refractivity contribution in [3.05, 3.63) is 77.9 Å². The van der Waals surface area contributed by atoms with Crippen molar-refractivity contribution >= 4 is 31.8 Å². The Morgan fingerprint density at radius 2 is 1.52 bits per heavy atom. The molecule has 0 unspecified atom stereocenters. The van der Waals surface area contributed by atoms with E-state index >= 15 is 0 Å². The van der Waals surface area contributed by atoms with Crippen LogP contribution in [-0.2, 0) is 14.8 Å². The van der Waals surface area contributed by atoms with Gasteiger partial charge >= 0.3 is 0 Å². The fraction of sp³-hybridized carbons (Fsp3) is 0.250. The number of hydrogen-bond donors (Lipinski definition) is 2. The van der Waals surface area contributed by atoms with Gasteiger partial charge in [-0.1, -0.05) is 17.7 Å². The lowest BCUT2D eigenvalue weighted by atomic mass is 10.0. The molecule has 33 heavy (non-hydrogen) atoms. The fourth-order valence-electron chi connectivity index (χ4n) is 4.45. The molecule has 0 spiro atoms. The lowest BCUT2D eigenvalue weighted by molar-refractivity contribution is -0.0461. The number of nitrogens with zero attached hydrogens (tertiary/aromatic N) is 1. The maximum atomic E-state index is 14.0. The molecule has 9 heteroatoms. The van der Waals surface area contributed by atoms with Crippen LogP contribution in [-0.4, -0.2) is 43.5 Å². The van der Waals surface area contributed by atoms with Crippen molar-refractivity contribution in [3.63, 3.8) is 0 Å². The van der Waals surface area contributed by atoms with Crippen LogP contribution in [0.15, 0.2) is 65.6 Å². The first-order valence-corrected chi connectivity index (χ1v) is 12.0. The summed E-state index contributed by atoms with van der Waals surface area (Å²) in [7, 11) is -3.90. The van der Waals surface area contributed by atoms with Gasteiger partial charge in [-0.15, -0.1) is 0 Å². The molecule has 1 aliphatic rings. The zero-order valence-electron chi connectivity index (χ0n) is 17.7. The zero-order chi connectivity index (χ0) is 23.3. The number of aliphatic hydroxyl groups excluding tert-OH is 1. The van der Waals surface area contributed by atoms with Gasteiger partial charge in [0.25, 0.3) is 0 Å². The second kappa shape index (κ2) is 8.18. The van der Waals surface area contributed by atoms with Gasteiger partial charge in [-0.3, -0.25) is 0 Å². The van der Waals surface area contributed by atoms with Gasteiger partial charge in [0, 0.05) is 21.8 Å². The van der Waals surface area contributed by atoms with Gasteiger partial charge in [-0.05, 0) is 55.5 Å². The molecule has 0 bridgehead atoms. The van der Waals surface area contributed by atoms with Crippen molar-refractivity contribution in [1.29, 1.82) is 0 Å². The van der Waals surface area contributed by atoms with Gasteiger partial charge < -0.3 is 14.4 Å². The van der Waals surface area contributed by atoms with Crippen LogP contribution >= 0.6 is 0 Å². The Kier molecular flexibility index (Phi) is 5.44. The van der Waals surface area contributed by atoms with Crippen LogP contribution in [0.5, 0.6) is 0 Å². The molecular weight excluding hydrogens is 450 g/mol. The number of aryl methyl sites for hydroxylation is 1. The number of aromatic nitrogens is 1. The van der Waals surface area contributed by atoms with Gasteiger partial charge in [-0.25, -0.2) is 21.9 Å². The lowest BCUT2D eigenvalue weighted by Gasteiger charge is -2.36. The Balaban J connectivity index is 1.54.